The number of halogens is 1. The molecule has 0 bridgehead atoms. The summed E-state index contributed by atoms with van der Waals surface area (Å²) in [5.41, 5.74) is 6.01. The minimum atomic E-state index is -0.112. The van der Waals surface area contributed by atoms with Gasteiger partial charge in [0.25, 0.3) is 0 Å². The second-order valence-corrected chi connectivity index (χ2v) is 5.44. The maximum atomic E-state index is 7.41. The number of aromatic nitrogens is 2. The standard InChI is InChI=1S/C13H15IN4O/c14-10-5-13(7-17-6-10)19-9-12(16)8-18-3-1-11(15)2-4-18/h1-7,12,15H,8-9,16H2/t12-/m0/s1. The zero-order valence-corrected chi connectivity index (χ0v) is 12.4. The van der Waals surface area contributed by atoms with Crippen LogP contribution in [0, 0.1) is 8.98 Å². The molecule has 0 aliphatic carbocycles. The van der Waals surface area contributed by atoms with E-state index < -0.39 is 0 Å². The third-order valence-corrected chi connectivity index (χ3v) is 3.07. The Morgan fingerprint density at radius 2 is 2.11 bits per heavy atom. The number of nitrogens with one attached hydrogen (secondary N) is 1. The van der Waals surface area contributed by atoms with Crippen LogP contribution in [0.3, 0.4) is 0 Å². The van der Waals surface area contributed by atoms with Gasteiger partial charge >= 0.3 is 0 Å². The van der Waals surface area contributed by atoms with Crippen molar-refractivity contribution in [3.05, 3.63) is 51.9 Å². The fourth-order valence-electron chi connectivity index (χ4n) is 1.58. The minimum absolute atomic E-state index is 0.112. The van der Waals surface area contributed by atoms with E-state index in [9.17, 15) is 0 Å². The molecule has 1 atom stereocenters. The van der Waals surface area contributed by atoms with Crippen LogP contribution in [0.4, 0.5) is 0 Å². The quantitative estimate of drug-likeness (QED) is 0.781. The highest BCUT2D eigenvalue weighted by Gasteiger charge is 2.04. The maximum absolute atomic E-state index is 7.41. The molecule has 0 spiro atoms. The lowest BCUT2D eigenvalue weighted by atomic mass is 10.3. The summed E-state index contributed by atoms with van der Waals surface area (Å²) in [6.45, 7) is 1.08. The van der Waals surface area contributed by atoms with Gasteiger partial charge in [-0.1, -0.05) is 0 Å². The summed E-state index contributed by atoms with van der Waals surface area (Å²) in [7, 11) is 0. The summed E-state index contributed by atoms with van der Waals surface area (Å²) < 4.78 is 8.58. The summed E-state index contributed by atoms with van der Waals surface area (Å²) in [6.07, 6.45) is 7.13. The Morgan fingerprint density at radius 1 is 1.37 bits per heavy atom. The van der Waals surface area contributed by atoms with Crippen LogP contribution >= 0.6 is 22.6 Å². The Morgan fingerprint density at radius 3 is 2.79 bits per heavy atom. The Bertz CT molecular complexity index is 579. The predicted molar refractivity (Wildman–Crippen MR) is 80.7 cm³/mol. The second kappa shape index (κ2) is 6.67. The summed E-state index contributed by atoms with van der Waals surface area (Å²) in [6, 6.07) is 5.27. The molecule has 0 radical (unpaired) electrons. The number of ether oxygens (including phenoxy) is 1. The molecule has 0 aliphatic rings. The van der Waals surface area contributed by atoms with Gasteiger partial charge in [0.2, 0.25) is 0 Å². The highest BCUT2D eigenvalue weighted by molar-refractivity contribution is 14.1. The van der Waals surface area contributed by atoms with Crippen molar-refractivity contribution in [1.29, 1.82) is 5.41 Å². The molecule has 0 saturated heterocycles. The number of nitrogens with zero attached hydrogens (tertiary/aromatic N) is 2. The summed E-state index contributed by atoms with van der Waals surface area (Å²) in [5.74, 6) is 0.730. The number of nitrogens with two attached hydrogens (primary N) is 1. The van der Waals surface area contributed by atoms with Gasteiger partial charge in [-0.2, -0.15) is 0 Å². The normalized spacial score (nSPS) is 12.1. The van der Waals surface area contributed by atoms with Gasteiger partial charge in [-0.3, -0.25) is 4.98 Å². The van der Waals surface area contributed by atoms with Crippen molar-refractivity contribution in [2.45, 2.75) is 12.6 Å². The zero-order valence-electron chi connectivity index (χ0n) is 10.3. The van der Waals surface area contributed by atoms with Crippen LogP contribution in [-0.2, 0) is 6.54 Å². The smallest absolute Gasteiger partial charge is 0.138 e. The first-order valence-electron chi connectivity index (χ1n) is 5.83. The van der Waals surface area contributed by atoms with Gasteiger partial charge in [0.15, 0.2) is 0 Å². The maximum Gasteiger partial charge on any atom is 0.138 e. The summed E-state index contributed by atoms with van der Waals surface area (Å²) in [4.78, 5) is 4.06. The Balaban J connectivity index is 1.86. The van der Waals surface area contributed by atoms with Crippen molar-refractivity contribution in [2.75, 3.05) is 6.61 Å². The van der Waals surface area contributed by atoms with Gasteiger partial charge in [0, 0.05) is 28.7 Å². The third kappa shape index (κ3) is 4.64. The van der Waals surface area contributed by atoms with Gasteiger partial charge in [-0.05, 0) is 40.8 Å². The Hall–Kier alpha value is -1.41. The van der Waals surface area contributed by atoms with Gasteiger partial charge in [-0.25, -0.2) is 0 Å². The molecule has 0 saturated carbocycles. The van der Waals surface area contributed by atoms with Crippen molar-refractivity contribution in [3.63, 3.8) is 0 Å². The third-order valence-electron chi connectivity index (χ3n) is 2.48. The second-order valence-electron chi connectivity index (χ2n) is 4.19. The van der Waals surface area contributed by atoms with Crippen LogP contribution in [0.2, 0.25) is 0 Å². The molecule has 0 aliphatic heterocycles. The van der Waals surface area contributed by atoms with Crippen molar-refractivity contribution in [2.24, 2.45) is 5.73 Å². The molecule has 2 rings (SSSR count). The van der Waals surface area contributed by atoms with Crippen LogP contribution in [0.25, 0.3) is 0 Å². The number of pyridine rings is 2. The highest BCUT2D eigenvalue weighted by Crippen LogP contribution is 2.12. The van der Waals surface area contributed by atoms with Gasteiger partial charge < -0.3 is 20.4 Å². The first-order valence-corrected chi connectivity index (χ1v) is 6.91. The van der Waals surface area contributed by atoms with Crippen LogP contribution in [0.1, 0.15) is 0 Å². The van der Waals surface area contributed by atoms with Crippen molar-refractivity contribution in [1.82, 2.24) is 9.55 Å². The molecule has 2 aromatic heterocycles. The number of hydrogen-bond acceptors (Lipinski definition) is 4. The topological polar surface area (TPSA) is 76.9 Å². The van der Waals surface area contributed by atoms with E-state index in [1.165, 1.54) is 0 Å². The number of hydrogen-bond donors (Lipinski definition) is 2. The molecule has 19 heavy (non-hydrogen) atoms. The number of rotatable bonds is 5. The SMILES string of the molecule is N=c1ccn(C[C@H](N)COc2cncc(I)c2)cc1. The van der Waals surface area contributed by atoms with E-state index in [4.69, 9.17) is 15.9 Å². The van der Waals surface area contributed by atoms with Crippen LogP contribution in [0.15, 0.2) is 43.0 Å². The lowest BCUT2D eigenvalue weighted by molar-refractivity contribution is 0.274. The predicted octanol–water partition coefficient (Wildman–Crippen LogP) is 1.37. The van der Waals surface area contributed by atoms with Gasteiger partial charge in [0.1, 0.15) is 12.4 Å². The van der Waals surface area contributed by atoms with E-state index >= 15 is 0 Å². The summed E-state index contributed by atoms with van der Waals surface area (Å²) >= 11 is 2.19. The molecule has 2 heterocycles. The van der Waals surface area contributed by atoms with Crippen LogP contribution < -0.4 is 15.8 Å². The zero-order chi connectivity index (χ0) is 13.7. The highest BCUT2D eigenvalue weighted by atomic mass is 127. The van der Waals surface area contributed by atoms with Crippen molar-refractivity contribution in [3.8, 4) is 5.75 Å². The van der Waals surface area contributed by atoms with E-state index in [-0.39, 0.29) is 6.04 Å². The van der Waals surface area contributed by atoms with Crippen molar-refractivity contribution < 1.29 is 4.74 Å². The fourth-order valence-corrected chi connectivity index (χ4v) is 2.04. The minimum Gasteiger partial charge on any atom is -0.490 e. The Kier molecular flexibility index (Phi) is 4.92. The monoisotopic (exact) mass is 370 g/mol. The van der Waals surface area contributed by atoms with Gasteiger partial charge in [-0.15, -0.1) is 0 Å². The average Bonchev–Trinajstić information content (AvgIpc) is 2.39. The molecule has 0 amide bonds. The van der Waals surface area contributed by atoms with E-state index in [2.05, 4.69) is 27.6 Å². The van der Waals surface area contributed by atoms with Crippen LogP contribution in [0.5, 0.6) is 5.75 Å². The lowest BCUT2D eigenvalue weighted by Gasteiger charge is -2.15. The molecule has 5 nitrogen and oxygen atoms in total. The molecular formula is C13H15IN4O. The molecule has 0 unspecified atom stereocenters. The van der Waals surface area contributed by atoms with E-state index in [1.54, 1.807) is 24.5 Å². The van der Waals surface area contributed by atoms with Crippen molar-refractivity contribution >= 4 is 22.6 Å². The lowest BCUT2D eigenvalue weighted by Crippen LogP contribution is -2.32. The molecule has 2 aromatic rings. The summed E-state index contributed by atoms with van der Waals surface area (Å²) in [5, 5.41) is 7.90. The molecular weight excluding hydrogens is 355 g/mol. The van der Waals surface area contributed by atoms with E-state index in [1.807, 2.05) is 23.0 Å². The molecule has 6 heteroatoms. The van der Waals surface area contributed by atoms with E-state index in [0.29, 0.717) is 18.5 Å². The molecule has 0 fully saturated rings. The molecule has 0 aromatic carbocycles. The molecule has 3 N–H and O–H groups in total. The first-order chi connectivity index (χ1) is 9.13. The average molecular weight is 370 g/mol. The largest absolute Gasteiger partial charge is 0.490 e. The fraction of sp³-hybridized carbons (Fsp3) is 0.231. The molecule has 100 valence electrons. The Labute approximate surface area is 125 Å². The van der Waals surface area contributed by atoms with Crippen LogP contribution in [-0.4, -0.2) is 22.2 Å². The van der Waals surface area contributed by atoms with Gasteiger partial charge in [0.05, 0.1) is 17.6 Å². The van der Waals surface area contributed by atoms with E-state index in [0.717, 1.165) is 9.32 Å². The first kappa shape index (κ1) is 14.0.